The van der Waals surface area contributed by atoms with Gasteiger partial charge in [-0.25, -0.2) is 0 Å². The first-order chi connectivity index (χ1) is 13.5. The van der Waals surface area contributed by atoms with Crippen molar-refractivity contribution in [2.75, 3.05) is 0 Å². The Morgan fingerprint density at radius 1 is 0.767 bits per heavy atom. The number of oxazole rings is 1. The summed E-state index contributed by atoms with van der Waals surface area (Å²) in [6.07, 6.45) is 1.85. The lowest BCUT2D eigenvalue weighted by molar-refractivity contribution is -0.573. The zero-order chi connectivity index (χ0) is 23.1. The summed E-state index contributed by atoms with van der Waals surface area (Å²) in [6, 6.07) is 11.2. The molecule has 164 valence electrons. The van der Waals surface area contributed by atoms with Gasteiger partial charge in [-0.15, -0.1) is 4.57 Å². The van der Waals surface area contributed by atoms with Crippen LogP contribution < -0.4 is 4.57 Å². The molecule has 0 radical (unpaired) electrons. The molecule has 2 aromatic carbocycles. The van der Waals surface area contributed by atoms with Crippen LogP contribution >= 0.6 is 0 Å². The molecule has 0 aliphatic heterocycles. The minimum absolute atomic E-state index is 0.0255. The summed E-state index contributed by atoms with van der Waals surface area (Å²) in [6.45, 7) is 17.8. The van der Waals surface area contributed by atoms with Crippen molar-refractivity contribution in [1.29, 1.82) is 0 Å². The average Bonchev–Trinajstić information content (AvgIpc) is 2.93. The molecule has 0 saturated carbocycles. The lowest BCUT2D eigenvalue weighted by atomic mass is 9.80. The second-order valence-electron chi connectivity index (χ2n) is 9.81. The van der Waals surface area contributed by atoms with Gasteiger partial charge in [0, 0.05) is 23.8 Å². The van der Waals surface area contributed by atoms with E-state index in [9.17, 15) is 17.3 Å². The monoisotopic (exact) mass is 423 g/mol. The van der Waals surface area contributed by atoms with Crippen LogP contribution in [0.2, 0.25) is 0 Å². The zero-order valence-corrected chi connectivity index (χ0v) is 18.9. The first kappa shape index (κ1) is 24.0. The molecule has 2 nitrogen and oxygen atoms in total. The Balaban J connectivity index is 0.000000575. The van der Waals surface area contributed by atoms with Gasteiger partial charge in [-0.1, -0.05) is 53.7 Å². The van der Waals surface area contributed by atoms with Gasteiger partial charge in [0.1, 0.15) is 0 Å². The van der Waals surface area contributed by atoms with Gasteiger partial charge in [-0.3, -0.25) is 0 Å². The average molecular weight is 423 g/mol. The van der Waals surface area contributed by atoms with E-state index in [2.05, 4.69) is 90.3 Å². The van der Waals surface area contributed by atoms with Crippen LogP contribution in [0.5, 0.6) is 0 Å². The second-order valence-corrected chi connectivity index (χ2v) is 9.81. The van der Waals surface area contributed by atoms with E-state index >= 15 is 0 Å². The van der Waals surface area contributed by atoms with Crippen molar-refractivity contribution in [3.8, 4) is 5.69 Å². The smallest absolute Gasteiger partial charge is 0.418 e. The SMILES string of the molecule is Cc1cc(C)cc(-[n+]2coc3c(C(C)(C)C)cc(C(C)(C)C)cc32)c1.F[B-](F)(F)F. The van der Waals surface area contributed by atoms with Gasteiger partial charge >= 0.3 is 13.6 Å². The molecule has 0 bridgehead atoms. The maximum Gasteiger partial charge on any atom is 0.673 e. The number of benzene rings is 2. The highest BCUT2D eigenvalue weighted by Gasteiger charge is 2.29. The molecule has 0 spiro atoms. The van der Waals surface area contributed by atoms with Crippen LogP contribution in [0.25, 0.3) is 16.8 Å². The van der Waals surface area contributed by atoms with Gasteiger partial charge < -0.3 is 21.7 Å². The highest BCUT2D eigenvalue weighted by molar-refractivity contribution is 6.50. The van der Waals surface area contributed by atoms with Crippen molar-refractivity contribution in [2.45, 2.75) is 66.2 Å². The molecule has 0 amide bonds. The molecule has 0 saturated heterocycles. The van der Waals surface area contributed by atoms with Gasteiger partial charge in [0.2, 0.25) is 11.3 Å². The molecule has 0 unspecified atom stereocenters. The normalized spacial score (nSPS) is 12.7. The van der Waals surface area contributed by atoms with E-state index in [4.69, 9.17) is 4.42 Å². The maximum atomic E-state index is 9.75. The second kappa shape index (κ2) is 8.08. The fourth-order valence-corrected chi connectivity index (χ4v) is 3.36. The van der Waals surface area contributed by atoms with Crippen molar-refractivity contribution in [1.82, 2.24) is 0 Å². The molecule has 30 heavy (non-hydrogen) atoms. The molecule has 7 heteroatoms. The zero-order valence-electron chi connectivity index (χ0n) is 18.9. The number of fused-ring (bicyclic) bond motifs is 1. The number of hydrogen-bond donors (Lipinski definition) is 0. The van der Waals surface area contributed by atoms with Gasteiger partial charge in [-0.2, -0.15) is 0 Å². The van der Waals surface area contributed by atoms with Crippen LogP contribution in [0.4, 0.5) is 17.3 Å². The summed E-state index contributed by atoms with van der Waals surface area (Å²) >= 11 is 0. The molecule has 1 aromatic heterocycles. The van der Waals surface area contributed by atoms with E-state index < -0.39 is 7.25 Å². The number of rotatable bonds is 1. The van der Waals surface area contributed by atoms with Crippen molar-refractivity contribution < 1.29 is 26.2 Å². The predicted octanol–water partition coefficient (Wildman–Crippen LogP) is 7.22. The van der Waals surface area contributed by atoms with Gasteiger partial charge in [-0.05, 0) is 41.4 Å². The number of aromatic nitrogens is 1. The van der Waals surface area contributed by atoms with Crippen LogP contribution in [0.15, 0.2) is 41.1 Å². The molecule has 0 fully saturated rings. The third-order valence-corrected chi connectivity index (χ3v) is 4.76. The first-order valence-corrected chi connectivity index (χ1v) is 9.90. The Morgan fingerprint density at radius 2 is 1.27 bits per heavy atom. The standard InChI is InChI=1S/C23H30NO.BF4/c1-15-9-16(2)11-18(10-15)24-14-25-21-19(23(6,7)8)12-17(13-20(21)24)22(3,4)5;2-1(3,4)5/h9-14H,1-8H3;/q+1;-1. The summed E-state index contributed by atoms with van der Waals surface area (Å²) in [5, 5.41) is 0. The number of nitrogens with zero attached hydrogens (tertiary/aromatic N) is 1. The Bertz CT molecular complexity index is 1010. The fraction of sp³-hybridized carbons (Fsp3) is 0.435. The van der Waals surface area contributed by atoms with Gasteiger partial charge in [0.05, 0.1) is 0 Å². The quantitative estimate of drug-likeness (QED) is 0.229. The van der Waals surface area contributed by atoms with Gasteiger partial charge in [0.25, 0.3) is 5.52 Å². The largest absolute Gasteiger partial charge is 0.673 e. The molecule has 0 aliphatic carbocycles. The van der Waals surface area contributed by atoms with Crippen LogP contribution in [0.1, 0.15) is 63.8 Å². The Morgan fingerprint density at radius 3 is 1.70 bits per heavy atom. The highest BCUT2D eigenvalue weighted by Crippen LogP contribution is 2.34. The van der Waals surface area contributed by atoms with Gasteiger partial charge in [0.15, 0.2) is 0 Å². The molecule has 0 aliphatic rings. The van der Waals surface area contributed by atoms with Crippen LogP contribution in [-0.2, 0) is 10.8 Å². The molecule has 0 atom stereocenters. The minimum Gasteiger partial charge on any atom is -0.418 e. The summed E-state index contributed by atoms with van der Waals surface area (Å²) in [4.78, 5) is 0. The molecule has 3 aromatic rings. The maximum absolute atomic E-state index is 9.75. The van der Waals surface area contributed by atoms with Crippen LogP contribution in [-0.4, -0.2) is 7.25 Å². The van der Waals surface area contributed by atoms with Crippen molar-refractivity contribution in [3.05, 3.63) is 59.0 Å². The summed E-state index contributed by atoms with van der Waals surface area (Å²) < 4.78 is 47.3. The van der Waals surface area contributed by atoms with E-state index in [-0.39, 0.29) is 10.8 Å². The minimum atomic E-state index is -6.00. The van der Waals surface area contributed by atoms with Crippen molar-refractivity contribution in [2.24, 2.45) is 0 Å². The molecule has 3 rings (SSSR count). The summed E-state index contributed by atoms with van der Waals surface area (Å²) in [5.74, 6) is 0. The third kappa shape index (κ3) is 6.10. The van der Waals surface area contributed by atoms with E-state index in [0.29, 0.717) is 0 Å². The molecule has 0 N–H and O–H groups in total. The molecular formula is C23H30BF4NO. The summed E-state index contributed by atoms with van der Waals surface area (Å²) in [5.41, 5.74) is 8.52. The lowest BCUT2D eigenvalue weighted by Gasteiger charge is -2.24. The Labute approximate surface area is 176 Å². The van der Waals surface area contributed by atoms with Crippen molar-refractivity contribution >= 4 is 18.4 Å². The lowest BCUT2D eigenvalue weighted by Crippen LogP contribution is -2.29. The van der Waals surface area contributed by atoms with Crippen LogP contribution in [0, 0.1) is 13.8 Å². The number of hydrogen-bond acceptors (Lipinski definition) is 1. The van der Waals surface area contributed by atoms with E-state index in [0.717, 1.165) is 16.8 Å². The van der Waals surface area contributed by atoms with Crippen LogP contribution in [0.3, 0.4) is 0 Å². The first-order valence-electron chi connectivity index (χ1n) is 9.90. The number of halogens is 4. The summed E-state index contributed by atoms with van der Waals surface area (Å²) in [7, 11) is -6.00. The Hall–Kier alpha value is -2.31. The predicted molar refractivity (Wildman–Crippen MR) is 115 cm³/mol. The van der Waals surface area contributed by atoms with E-state index in [1.54, 1.807) is 0 Å². The fourth-order valence-electron chi connectivity index (χ4n) is 3.36. The van der Waals surface area contributed by atoms with E-state index in [1.165, 1.54) is 22.3 Å². The Kier molecular flexibility index (Phi) is 6.46. The molecule has 1 heterocycles. The number of aryl methyl sites for hydroxylation is 2. The van der Waals surface area contributed by atoms with E-state index in [1.807, 2.05) is 6.39 Å². The topological polar surface area (TPSA) is 17.0 Å². The third-order valence-electron chi connectivity index (χ3n) is 4.76. The highest BCUT2D eigenvalue weighted by atomic mass is 19.5. The van der Waals surface area contributed by atoms with Crippen molar-refractivity contribution in [3.63, 3.8) is 0 Å². The molecular weight excluding hydrogens is 393 g/mol.